The molecule has 0 aromatic heterocycles. The number of nitro benzene ring substituents is 1. The summed E-state index contributed by atoms with van der Waals surface area (Å²) in [6.07, 6.45) is 0.797. The Kier molecular flexibility index (Phi) is 6.41. The van der Waals surface area contributed by atoms with Gasteiger partial charge in [-0.3, -0.25) is 10.1 Å². The highest BCUT2D eigenvalue weighted by atomic mass is 16.6. The molecule has 1 aromatic carbocycles. The van der Waals surface area contributed by atoms with Gasteiger partial charge in [-0.1, -0.05) is 6.92 Å². The molecule has 0 radical (unpaired) electrons. The van der Waals surface area contributed by atoms with Crippen molar-refractivity contribution in [2.24, 2.45) is 0 Å². The minimum absolute atomic E-state index is 0.00984. The molecule has 0 fully saturated rings. The predicted molar refractivity (Wildman–Crippen MR) is 71.8 cm³/mol. The van der Waals surface area contributed by atoms with E-state index in [1.807, 2.05) is 6.92 Å². The second-order valence-corrected chi connectivity index (χ2v) is 4.39. The lowest BCUT2D eigenvalue weighted by Gasteiger charge is -2.18. The van der Waals surface area contributed by atoms with Crippen molar-refractivity contribution in [2.45, 2.75) is 31.9 Å². The van der Waals surface area contributed by atoms with Crippen molar-refractivity contribution in [2.75, 3.05) is 13.2 Å². The standard InChI is InChI=1S/C13H20N2O4/c1-2-11(7-8-16)14-9-13(17)10-3-5-12(6-4-10)15(18)19/h3-6,11,13-14,16-17H,2,7-9H2,1H3. The van der Waals surface area contributed by atoms with Crippen LogP contribution in [0.1, 0.15) is 31.4 Å². The third kappa shape index (κ3) is 4.94. The maximum Gasteiger partial charge on any atom is 0.269 e. The van der Waals surface area contributed by atoms with E-state index in [0.717, 1.165) is 6.42 Å². The molecule has 1 aromatic rings. The Bertz CT molecular complexity index is 394. The number of rotatable bonds is 8. The van der Waals surface area contributed by atoms with Crippen LogP contribution in [0.15, 0.2) is 24.3 Å². The second kappa shape index (κ2) is 7.83. The number of nitro groups is 1. The molecule has 0 aliphatic rings. The summed E-state index contributed by atoms with van der Waals surface area (Å²) in [5.41, 5.74) is 0.646. The van der Waals surface area contributed by atoms with Crippen LogP contribution < -0.4 is 5.32 Å². The molecule has 6 heteroatoms. The molecule has 3 N–H and O–H groups in total. The fourth-order valence-corrected chi connectivity index (χ4v) is 1.82. The van der Waals surface area contributed by atoms with Gasteiger partial charge >= 0.3 is 0 Å². The highest BCUT2D eigenvalue weighted by molar-refractivity contribution is 5.33. The van der Waals surface area contributed by atoms with Crippen LogP contribution in [0.2, 0.25) is 0 Å². The summed E-state index contributed by atoms with van der Waals surface area (Å²) in [5, 5.41) is 32.5. The highest BCUT2D eigenvalue weighted by Crippen LogP contribution is 2.17. The first-order valence-electron chi connectivity index (χ1n) is 6.35. The molecule has 0 aliphatic carbocycles. The Labute approximate surface area is 112 Å². The average molecular weight is 268 g/mol. The van der Waals surface area contributed by atoms with Gasteiger partial charge < -0.3 is 15.5 Å². The normalized spacial score (nSPS) is 14.1. The van der Waals surface area contributed by atoms with Crippen LogP contribution >= 0.6 is 0 Å². The van der Waals surface area contributed by atoms with Crippen LogP contribution in [0.3, 0.4) is 0 Å². The van der Waals surface area contributed by atoms with Crippen LogP contribution in [0.4, 0.5) is 5.69 Å². The van der Waals surface area contributed by atoms with Crippen LogP contribution in [0.5, 0.6) is 0 Å². The molecule has 0 bridgehead atoms. The zero-order valence-corrected chi connectivity index (χ0v) is 11.0. The van der Waals surface area contributed by atoms with Crippen molar-refractivity contribution in [3.63, 3.8) is 0 Å². The Balaban J connectivity index is 2.53. The van der Waals surface area contributed by atoms with E-state index in [4.69, 9.17) is 5.11 Å². The predicted octanol–water partition coefficient (Wildman–Crippen LogP) is 1.38. The Morgan fingerprint density at radius 1 is 1.37 bits per heavy atom. The first-order chi connectivity index (χ1) is 9.08. The van der Waals surface area contributed by atoms with Crippen LogP contribution in [0, 0.1) is 10.1 Å². The fraction of sp³-hybridized carbons (Fsp3) is 0.538. The summed E-state index contributed by atoms with van der Waals surface area (Å²) in [6.45, 7) is 2.47. The first kappa shape index (κ1) is 15.6. The summed E-state index contributed by atoms with van der Waals surface area (Å²) >= 11 is 0. The molecular formula is C13H20N2O4. The van der Waals surface area contributed by atoms with Crippen molar-refractivity contribution in [1.29, 1.82) is 0 Å². The molecule has 19 heavy (non-hydrogen) atoms. The van der Waals surface area contributed by atoms with E-state index in [-0.39, 0.29) is 18.3 Å². The molecule has 0 heterocycles. The van der Waals surface area contributed by atoms with Crippen molar-refractivity contribution in [1.82, 2.24) is 5.32 Å². The zero-order valence-electron chi connectivity index (χ0n) is 11.0. The molecule has 1 rings (SSSR count). The average Bonchev–Trinajstić information content (AvgIpc) is 2.43. The number of aliphatic hydroxyl groups is 2. The van der Waals surface area contributed by atoms with Gasteiger partial charge in [-0.2, -0.15) is 0 Å². The minimum atomic E-state index is -0.714. The van der Waals surface area contributed by atoms with E-state index in [1.165, 1.54) is 12.1 Å². The quantitative estimate of drug-likeness (QED) is 0.489. The van der Waals surface area contributed by atoms with E-state index in [0.29, 0.717) is 18.5 Å². The Hall–Kier alpha value is -1.50. The molecule has 0 saturated carbocycles. The third-order valence-electron chi connectivity index (χ3n) is 3.06. The molecule has 0 saturated heterocycles. The topological polar surface area (TPSA) is 95.6 Å². The van der Waals surface area contributed by atoms with Crippen molar-refractivity contribution in [3.05, 3.63) is 39.9 Å². The first-order valence-corrected chi connectivity index (χ1v) is 6.35. The van der Waals surface area contributed by atoms with Gasteiger partial charge in [0.1, 0.15) is 0 Å². The largest absolute Gasteiger partial charge is 0.396 e. The SMILES string of the molecule is CCC(CCO)NCC(O)c1ccc([N+](=O)[O-])cc1. The van der Waals surface area contributed by atoms with Gasteiger partial charge in [-0.25, -0.2) is 0 Å². The molecule has 0 spiro atoms. The maximum atomic E-state index is 10.5. The fourth-order valence-electron chi connectivity index (χ4n) is 1.82. The van der Waals surface area contributed by atoms with Gasteiger partial charge in [0, 0.05) is 31.3 Å². The van der Waals surface area contributed by atoms with Crippen molar-refractivity contribution in [3.8, 4) is 0 Å². The van der Waals surface area contributed by atoms with Crippen molar-refractivity contribution < 1.29 is 15.1 Å². The molecular weight excluding hydrogens is 248 g/mol. The number of hydrogen-bond acceptors (Lipinski definition) is 5. The summed E-state index contributed by atoms with van der Waals surface area (Å²) in [6, 6.07) is 6.03. The maximum absolute atomic E-state index is 10.5. The molecule has 0 aliphatic heterocycles. The van der Waals surface area contributed by atoms with E-state index in [9.17, 15) is 15.2 Å². The summed E-state index contributed by atoms with van der Waals surface area (Å²) < 4.78 is 0. The van der Waals surface area contributed by atoms with E-state index in [1.54, 1.807) is 12.1 Å². The molecule has 0 amide bonds. The molecule has 106 valence electrons. The highest BCUT2D eigenvalue weighted by Gasteiger charge is 2.12. The Morgan fingerprint density at radius 3 is 2.47 bits per heavy atom. The van der Waals surface area contributed by atoms with Crippen LogP contribution in [-0.4, -0.2) is 34.3 Å². The number of aliphatic hydroxyl groups excluding tert-OH is 2. The van der Waals surface area contributed by atoms with Gasteiger partial charge in [0.05, 0.1) is 11.0 Å². The number of hydrogen-bond donors (Lipinski definition) is 3. The van der Waals surface area contributed by atoms with Gasteiger partial charge in [-0.15, -0.1) is 0 Å². The molecule has 2 atom stereocenters. The van der Waals surface area contributed by atoms with Gasteiger partial charge in [0.25, 0.3) is 5.69 Å². The summed E-state index contributed by atoms with van der Waals surface area (Å²) in [7, 11) is 0. The van der Waals surface area contributed by atoms with Crippen molar-refractivity contribution >= 4 is 5.69 Å². The third-order valence-corrected chi connectivity index (χ3v) is 3.06. The van der Waals surface area contributed by atoms with E-state index >= 15 is 0 Å². The molecule has 2 unspecified atom stereocenters. The minimum Gasteiger partial charge on any atom is -0.396 e. The number of benzene rings is 1. The lowest BCUT2D eigenvalue weighted by molar-refractivity contribution is -0.384. The van der Waals surface area contributed by atoms with E-state index in [2.05, 4.69) is 5.32 Å². The lowest BCUT2D eigenvalue weighted by atomic mass is 10.1. The number of nitrogens with one attached hydrogen (secondary N) is 1. The Morgan fingerprint density at radius 2 is 2.00 bits per heavy atom. The van der Waals surface area contributed by atoms with E-state index < -0.39 is 11.0 Å². The van der Waals surface area contributed by atoms with Gasteiger partial charge in [-0.05, 0) is 30.5 Å². The van der Waals surface area contributed by atoms with Gasteiger partial charge in [0.2, 0.25) is 0 Å². The van der Waals surface area contributed by atoms with Gasteiger partial charge in [0.15, 0.2) is 0 Å². The summed E-state index contributed by atoms with van der Waals surface area (Å²) in [5.74, 6) is 0. The second-order valence-electron chi connectivity index (χ2n) is 4.39. The monoisotopic (exact) mass is 268 g/mol. The van der Waals surface area contributed by atoms with Crippen LogP contribution in [-0.2, 0) is 0 Å². The number of non-ortho nitro benzene ring substituents is 1. The number of nitrogens with zero attached hydrogens (tertiary/aromatic N) is 1. The molecule has 6 nitrogen and oxygen atoms in total. The smallest absolute Gasteiger partial charge is 0.269 e. The van der Waals surface area contributed by atoms with Crippen LogP contribution in [0.25, 0.3) is 0 Å². The summed E-state index contributed by atoms with van der Waals surface area (Å²) in [4.78, 5) is 10.0. The lowest BCUT2D eigenvalue weighted by Crippen LogP contribution is -2.33. The zero-order chi connectivity index (χ0) is 14.3.